The lowest BCUT2D eigenvalue weighted by Crippen LogP contribution is -2.48. The van der Waals surface area contributed by atoms with E-state index >= 15 is 0 Å². The first-order valence-corrected chi connectivity index (χ1v) is 7.32. The highest BCUT2D eigenvalue weighted by Gasteiger charge is 2.23. The smallest absolute Gasteiger partial charge is 0.345 e. The highest BCUT2D eigenvalue weighted by Crippen LogP contribution is 2.10. The molecule has 1 saturated heterocycles. The van der Waals surface area contributed by atoms with Crippen LogP contribution in [-0.4, -0.2) is 69.6 Å². The first-order chi connectivity index (χ1) is 9.65. The quantitative estimate of drug-likeness (QED) is 0.720. The average Bonchev–Trinajstić information content (AvgIpc) is 2.73. The van der Waals surface area contributed by atoms with Crippen LogP contribution in [0.15, 0.2) is 4.79 Å². The second-order valence-corrected chi connectivity index (χ2v) is 5.71. The maximum atomic E-state index is 11.8. The number of hydrogen-bond acceptors (Lipinski definition) is 5. The Balaban J connectivity index is 1.56. The van der Waals surface area contributed by atoms with Gasteiger partial charge in [-0.1, -0.05) is 0 Å². The van der Waals surface area contributed by atoms with E-state index in [4.69, 9.17) is 4.74 Å². The zero-order chi connectivity index (χ0) is 14.1. The largest absolute Gasteiger partial charge is 0.379 e. The molecule has 1 aromatic rings. The van der Waals surface area contributed by atoms with Gasteiger partial charge in [0.05, 0.1) is 19.8 Å². The minimum absolute atomic E-state index is 0.00134. The van der Waals surface area contributed by atoms with E-state index in [1.54, 1.807) is 11.6 Å². The second-order valence-electron chi connectivity index (χ2n) is 5.71. The molecule has 3 rings (SSSR count). The van der Waals surface area contributed by atoms with Gasteiger partial charge < -0.3 is 4.74 Å². The van der Waals surface area contributed by atoms with E-state index in [0.29, 0.717) is 6.04 Å². The third kappa shape index (κ3) is 2.65. The Kier molecular flexibility index (Phi) is 3.91. The Labute approximate surface area is 118 Å². The maximum absolute atomic E-state index is 11.8. The first kappa shape index (κ1) is 13.8. The zero-order valence-corrected chi connectivity index (χ0v) is 12.3. The number of rotatable bonds is 3. The van der Waals surface area contributed by atoms with Crippen LogP contribution in [0.2, 0.25) is 0 Å². The number of aromatic nitrogens is 3. The lowest BCUT2D eigenvalue weighted by molar-refractivity contribution is -0.00511. The molecule has 0 aromatic carbocycles. The van der Waals surface area contributed by atoms with Crippen molar-refractivity contribution in [3.05, 3.63) is 16.3 Å². The van der Waals surface area contributed by atoms with E-state index in [1.165, 1.54) is 4.68 Å². The highest BCUT2D eigenvalue weighted by atomic mass is 16.5. The van der Waals surface area contributed by atoms with Gasteiger partial charge in [0.25, 0.3) is 0 Å². The Morgan fingerprint density at radius 2 is 2.15 bits per heavy atom. The summed E-state index contributed by atoms with van der Waals surface area (Å²) in [4.78, 5) is 16.6. The first-order valence-electron chi connectivity index (χ1n) is 7.32. The lowest BCUT2D eigenvalue weighted by atomic mass is 10.2. The summed E-state index contributed by atoms with van der Waals surface area (Å²) in [6.07, 6.45) is 0. The van der Waals surface area contributed by atoms with E-state index in [-0.39, 0.29) is 5.69 Å². The van der Waals surface area contributed by atoms with Crippen molar-refractivity contribution in [2.45, 2.75) is 26.1 Å². The van der Waals surface area contributed by atoms with Gasteiger partial charge in [-0.25, -0.2) is 9.48 Å². The van der Waals surface area contributed by atoms with Crippen LogP contribution in [-0.2, 0) is 24.9 Å². The predicted molar refractivity (Wildman–Crippen MR) is 74.6 cm³/mol. The number of hydrogen-bond donors (Lipinski definition) is 0. The SMILES string of the molecule is CC1COCCN1CCN1CCn2c(nn(C)c2=O)C1. The van der Waals surface area contributed by atoms with Gasteiger partial charge in [-0.3, -0.25) is 14.4 Å². The van der Waals surface area contributed by atoms with Crippen molar-refractivity contribution in [1.82, 2.24) is 24.1 Å². The molecule has 2 aliphatic heterocycles. The minimum atomic E-state index is 0.00134. The van der Waals surface area contributed by atoms with Crippen molar-refractivity contribution in [3.8, 4) is 0 Å². The van der Waals surface area contributed by atoms with Crippen LogP contribution < -0.4 is 5.69 Å². The second kappa shape index (κ2) is 5.67. The molecule has 1 aromatic heterocycles. The molecule has 0 aliphatic carbocycles. The van der Waals surface area contributed by atoms with E-state index < -0.39 is 0 Å². The molecule has 0 spiro atoms. The number of nitrogens with zero attached hydrogens (tertiary/aromatic N) is 5. The van der Waals surface area contributed by atoms with Crippen LogP contribution in [0.3, 0.4) is 0 Å². The Hall–Kier alpha value is -1.18. The van der Waals surface area contributed by atoms with Crippen LogP contribution in [0.25, 0.3) is 0 Å². The van der Waals surface area contributed by atoms with Crippen LogP contribution in [0.1, 0.15) is 12.7 Å². The van der Waals surface area contributed by atoms with Gasteiger partial charge in [0.1, 0.15) is 5.82 Å². The summed E-state index contributed by atoms with van der Waals surface area (Å²) < 4.78 is 8.68. The topological polar surface area (TPSA) is 55.5 Å². The molecule has 1 fully saturated rings. The maximum Gasteiger partial charge on any atom is 0.345 e. The van der Waals surface area contributed by atoms with Crippen molar-refractivity contribution >= 4 is 0 Å². The molecule has 0 radical (unpaired) electrons. The van der Waals surface area contributed by atoms with Gasteiger partial charge in [0.2, 0.25) is 0 Å². The normalized spacial score (nSPS) is 24.8. The molecule has 0 saturated carbocycles. The highest BCUT2D eigenvalue weighted by molar-refractivity contribution is 4.91. The number of ether oxygens (including phenoxy) is 1. The molecular weight excluding hydrogens is 258 g/mol. The third-order valence-electron chi connectivity index (χ3n) is 4.30. The molecule has 7 heteroatoms. The van der Waals surface area contributed by atoms with Crippen molar-refractivity contribution in [2.24, 2.45) is 7.05 Å². The summed E-state index contributed by atoms with van der Waals surface area (Å²) in [5.41, 5.74) is 0.00134. The minimum Gasteiger partial charge on any atom is -0.379 e. The van der Waals surface area contributed by atoms with Crippen LogP contribution in [0, 0.1) is 0 Å². The number of morpholine rings is 1. The van der Waals surface area contributed by atoms with E-state index in [0.717, 1.165) is 58.3 Å². The monoisotopic (exact) mass is 281 g/mol. The summed E-state index contributed by atoms with van der Waals surface area (Å²) >= 11 is 0. The molecule has 0 bridgehead atoms. The third-order valence-corrected chi connectivity index (χ3v) is 4.30. The van der Waals surface area contributed by atoms with Gasteiger partial charge in [-0.05, 0) is 6.92 Å². The van der Waals surface area contributed by atoms with Crippen LogP contribution >= 0.6 is 0 Å². The number of aryl methyl sites for hydroxylation is 1. The van der Waals surface area contributed by atoms with Crippen LogP contribution in [0.5, 0.6) is 0 Å². The molecule has 0 N–H and O–H groups in total. The molecule has 3 heterocycles. The summed E-state index contributed by atoms with van der Waals surface area (Å²) in [5, 5.41) is 4.30. The van der Waals surface area contributed by atoms with Crippen molar-refractivity contribution in [2.75, 3.05) is 39.4 Å². The molecule has 0 amide bonds. The fraction of sp³-hybridized carbons (Fsp3) is 0.846. The summed E-state index contributed by atoms with van der Waals surface area (Å²) in [7, 11) is 1.72. The Morgan fingerprint density at radius 1 is 1.30 bits per heavy atom. The summed E-state index contributed by atoms with van der Waals surface area (Å²) in [6.45, 7) is 9.43. The fourth-order valence-corrected chi connectivity index (χ4v) is 2.97. The number of fused-ring (bicyclic) bond motifs is 1. The Morgan fingerprint density at radius 3 is 2.95 bits per heavy atom. The van der Waals surface area contributed by atoms with Gasteiger partial charge in [-0.2, -0.15) is 5.10 Å². The average molecular weight is 281 g/mol. The van der Waals surface area contributed by atoms with E-state index in [9.17, 15) is 4.79 Å². The summed E-state index contributed by atoms with van der Waals surface area (Å²) in [6, 6.07) is 0.501. The molecule has 7 nitrogen and oxygen atoms in total. The molecule has 1 unspecified atom stereocenters. The predicted octanol–water partition coefficient (Wildman–Crippen LogP) is -0.882. The zero-order valence-electron chi connectivity index (χ0n) is 12.3. The van der Waals surface area contributed by atoms with Gasteiger partial charge >= 0.3 is 5.69 Å². The molecular formula is C13H23N5O2. The van der Waals surface area contributed by atoms with E-state index in [2.05, 4.69) is 21.8 Å². The molecule has 1 atom stereocenters. The standard InChI is InChI=1S/C13H23N5O2/c1-11-10-20-8-7-17(11)5-3-16-4-6-18-12(9-16)14-15(2)13(18)19/h11H,3-10H2,1-2H3. The van der Waals surface area contributed by atoms with E-state index in [1.807, 2.05) is 0 Å². The fourth-order valence-electron chi connectivity index (χ4n) is 2.97. The lowest BCUT2D eigenvalue weighted by Gasteiger charge is -2.35. The molecule has 20 heavy (non-hydrogen) atoms. The van der Waals surface area contributed by atoms with Gasteiger partial charge in [-0.15, -0.1) is 0 Å². The molecule has 112 valence electrons. The van der Waals surface area contributed by atoms with Gasteiger partial charge in [0.15, 0.2) is 0 Å². The van der Waals surface area contributed by atoms with Crippen molar-refractivity contribution in [1.29, 1.82) is 0 Å². The Bertz CT molecular complexity index is 523. The van der Waals surface area contributed by atoms with Crippen molar-refractivity contribution in [3.63, 3.8) is 0 Å². The van der Waals surface area contributed by atoms with Crippen LogP contribution in [0.4, 0.5) is 0 Å². The summed E-state index contributed by atoms with van der Waals surface area (Å²) in [5.74, 6) is 0.888. The van der Waals surface area contributed by atoms with Crippen molar-refractivity contribution < 1.29 is 4.74 Å². The molecule has 2 aliphatic rings. The van der Waals surface area contributed by atoms with Gasteiger partial charge in [0, 0.05) is 45.8 Å².